The number of aryl methyl sites for hydroxylation is 1. The number of rotatable bonds is 4. The molecule has 0 saturated carbocycles. The van der Waals surface area contributed by atoms with Crippen molar-refractivity contribution in [2.24, 2.45) is 5.73 Å². The third kappa shape index (κ3) is 2.75. The molecule has 0 unspecified atom stereocenters. The fourth-order valence-corrected chi connectivity index (χ4v) is 1.97. The van der Waals surface area contributed by atoms with E-state index in [1.165, 1.54) is 19.1 Å². The van der Waals surface area contributed by atoms with Gasteiger partial charge in [0.25, 0.3) is 0 Å². The van der Waals surface area contributed by atoms with Gasteiger partial charge in [0.1, 0.15) is 0 Å². The molecule has 2 N–H and O–H groups in total. The van der Waals surface area contributed by atoms with Gasteiger partial charge in [-0.25, -0.2) is 8.78 Å². The number of ketones is 1. The molecule has 0 radical (unpaired) electrons. The van der Waals surface area contributed by atoms with Crippen LogP contribution in [0.3, 0.4) is 0 Å². The molecular formula is C16H15F2NO. The Morgan fingerprint density at radius 3 is 2.30 bits per heavy atom. The Morgan fingerprint density at radius 1 is 1.05 bits per heavy atom. The van der Waals surface area contributed by atoms with Crippen LogP contribution >= 0.6 is 0 Å². The van der Waals surface area contributed by atoms with Crippen molar-refractivity contribution in [3.63, 3.8) is 0 Å². The van der Waals surface area contributed by atoms with E-state index in [4.69, 9.17) is 5.73 Å². The van der Waals surface area contributed by atoms with Crippen LogP contribution in [-0.2, 0) is 6.42 Å². The Morgan fingerprint density at radius 2 is 1.70 bits per heavy atom. The lowest BCUT2D eigenvalue weighted by molar-refractivity contribution is 0.103. The molecule has 2 rings (SSSR count). The maximum atomic E-state index is 13.8. The summed E-state index contributed by atoms with van der Waals surface area (Å²) in [6.45, 7) is 1.97. The van der Waals surface area contributed by atoms with Crippen LogP contribution in [0.4, 0.5) is 8.78 Å². The number of carbonyl (C=O) groups excluding carboxylic acids is 1. The van der Waals surface area contributed by atoms with E-state index in [9.17, 15) is 13.6 Å². The summed E-state index contributed by atoms with van der Waals surface area (Å²) in [7, 11) is 0. The Labute approximate surface area is 116 Å². The minimum absolute atomic E-state index is 0.178. The highest BCUT2D eigenvalue weighted by molar-refractivity contribution is 6.09. The predicted octanol–water partition coefficient (Wildman–Crippen LogP) is 3.01. The normalized spacial score (nSPS) is 10.6. The fraction of sp³-hybridized carbons (Fsp3) is 0.188. The van der Waals surface area contributed by atoms with Crippen LogP contribution in [0.2, 0.25) is 0 Å². The minimum atomic E-state index is -1.10. The summed E-state index contributed by atoms with van der Waals surface area (Å²) in [6, 6.07) is 9.44. The Kier molecular flexibility index (Phi) is 4.25. The summed E-state index contributed by atoms with van der Waals surface area (Å²) in [5, 5.41) is 0. The molecule has 0 fully saturated rings. The zero-order chi connectivity index (χ0) is 14.7. The van der Waals surface area contributed by atoms with Crippen molar-refractivity contribution < 1.29 is 13.6 Å². The molecule has 2 aromatic carbocycles. The predicted molar refractivity (Wildman–Crippen MR) is 73.7 cm³/mol. The van der Waals surface area contributed by atoms with Gasteiger partial charge in [-0.1, -0.05) is 30.3 Å². The lowest BCUT2D eigenvalue weighted by Gasteiger charge is -2.06. The molecule has 0 spiro atoms. The summed E-state index contributed by atoms with van der Waals surface area (Å²) >= 11 is 0. The summed E-state index contributed by atoms with van der Waals surface area (Å²) in [6.07, 6.45) is 0.710. The minimum Gasteiger partial charge on any atom is -0.330 e. The average Bonchev–Trinajstić information content (AvgIpc) is 2.45. The van der Waals surface area contributed by atoms with Crippen LogP contribution in [0.1, 0.15) is 27.0 Å². The molecule has 4 heteroatoms. The summed E-state index contributed by atoms with van der Waals surface area (Å²) < 4.78 is 27.3. The van der Waals surface area contributed by atoms with Crippen LogP contribution < -0.4 is 5.73 Å². The number of nitrogens with two attached hydrogens (primary N) is 1. The van der Waals surface area contributed by atoms with Crippen molar-refractivity contribution in [2.75, 3.05) is 6.54 Å². The van der Waals surface area contributed by atoms with Gasteiger partial charge in [-0.3, -0.25) is 4.79 Å². The molecule has 0 atom stereocenters. The number of hydrogen-bond donors (Lipinski definition) is 1. The van der Waals surface area contributed by atoms with Gasteiger partial charge in [0.05, 0.1) is 5.56 Å². The SMILES string of the molecule is Cc1ccc(C(=O)c2ccc(CCN)cc2)c(F)c1F. The zero-order valence-corrected chi connectivity index (χ0v) is 11.1. The monoisotopic (exact) mass is 275 g/mol. The maximum absolute atomic E-state index is 13.8. The van der Waals surface area contributed by atoms with Crippen molar-refractivity contribution in [1.29, 1.82) is 0 Å². The first-order chi connectivity index (χ1) is 9.54. The standard InChI is InChI=1S/C16H15F2NO/c1-10-2-7-13(15(18)14(10)17)16(20)12-5-3-11(4-6-12)8-9-19/h2-7H,8-9,19H2,1H3. The van der Waals surface area contributed by atoms with E-state index in [-0.39, 0.29) is 11.1 Å². The van der Waals surface area contributed by atoms with Crippen molar-refractivity contribution in [2.45, 2.75) is 13.3 Å². The molecule has 20 heavy (non-hydrogen) atoms. The molecule has 0 aliphatic rings. The number of hydrogen-bond acceptors (Lipinski definition) is 2. The molecule has 0 heterocycles. The lowest BCUT2D eigenvalue weighted by atomic mass is 9.99. The highest BCUT2D eigenvalue weighted by atomic mass is 19.2. The third-order valence-corrected chi connectivity index (χ3v) is 3.17. The van der Waals surface area contributed by atoms with E-state index < -0.39 is 17.4 Å². The highest BCUT2D eigenvalue weighted by Gasteiger charge is 2.18. The second-order valence-corrected chi connectivity index (χ2v) is 4.62. The van der Waals surface area contributed by atoms with E-state index in [1.807, 2.05) is 0 Å². The van der Waals surface area contributed by atoms with Gasteiger partial charge in [-0.2, -0.15) is 0 Å². The fourth-order valence-electron chi connectivity index (χ4n) is 1.97. The van der Waals surface area contributed by atoms with Crippen LogP contribution in [-0.4, -0.2) is 12.3 Å². The zero-order valence-electron chi connectivity index (χ0n) is 11.1. The van der Waals surface area contributed by atoms with Gasteiger partial charge in [0.15, 0.2) is 17.4 Å². The van der Waals surface area contributed by atoms with Crippen molar-refractivity contribution in [3.05, 3.63) is 70.3 Å². The Balaban J connectivity index is 2.34. The summed E-state index contributed by atoms with van der Waals surface area (Å²) in [5.74, 6) is -2.60. The number of benzene rings is 2. The van der Waals surface area contributed by atoms with E-state index >= 15 is 0 Å². The van der Waals surface area contributed by atoms with Gasteiger partial charge in [-0.05, 0) is 37.1 Å². The van der Waals surface area contributed by atoms with Crippen LogP contribution in [0, 0.1) is 18.6 Å². The van der Waals surface area contributed by atoms with Crippen LogP contribution in [0.5, 0.6) is 0 Å². The first-order valence-electron chi connectivity index (χ1n) is 6.33. The van der Waals surface area contributed by atoms with Gasteiger partial charge >= 0.3 is 0 Å². The highest BCUT2D eigenvalue weighted by Crippen LogP contribution is 2.19. The number of carbonyl (C=O) groups is 1. The molecule has 104 valence electrons. The molecule has 0 bridgehead atoms. The molecule has 2 nitrogen and oxygen atoms in total. The molecule has 0 amide bonds. The van der Waals surface area contributed by atoms with Crippen LogP contribution in [0.15, 0.2) is 36.4 Å². The van der Waals surface area contributed by atoms with Gasteiger partial charge in [-0.15, -0.1) is 0 Å². The first kappa shape index (κ1) is 14.3. The van der Waals surface area contributed by atoms with Crippen molar-refractivity contribution in [1.82, 2.24) is 0 Å². The van der Waals surface area contributed by atoms with Gasteiger partial charge < -0.3 is 5.73 Å². The largest absolute Gasteiger partial charge is 0.330 e. The second-order valence-electron chi connectivity index (χ2n) is 4.62. The van der Waals surface area contributed by atoms with E-state index in [0.29, 0.717) is 18.5 Å². The van der Waals surface area contributed by atoms with Crippen molar-refractivity contribution >= 4 is 5.78 Å². The van der Waals surface area contributed by atoms with E-state index in [2.05, 4.69) is 0 Å². The molecule has 0 saturated heterocycles. The van der Waals surface area contributed by atoms with E-state index in [1.54, 1.807) is 24.3 Å². The second kappa shape index (κ2) is 5.92. The van der Waals surface area contributed by atoms with Gasteiger partial charge in [0.2, 0.25) is 0 Å². The Hall–Kier alpha value is -2.07. The van der Waals surface area contributed by atoms with E-state index in [0.717, 1.165) is 5.56 Å². The first-order valence-corrected chi connectivity index (χ1v) is 6.33. The maximum Gasteiger partial charge on any atom is 0.196 e. The quantitative estimate of drug-likeness (QED) is 0.872. The molecular weight excluding hydrogens is 260 g/mol. The molecule has 0 aromatic heterocycles. The lowest BCUT2D eigenvalue weighted by Crippen LogP contribution is -2.07. The molecule has 0 aliphatic heterocycles. The molecule has 0 aliphatic carbocycles. The smallest absolute Gasteiger partial charge is 0.196 e. The topological polar surface area (TPSA) is 43.1 Å². The van der Waals surface area contributed by atoms with Crippen molar-refractivity contribution in [3.8, 4) is 0 Å². The molecule has 2 aromatic rings. The van der Waals surface area contributed by atoms with Crippen LogP contribution in [0.25, 0.3) is 0 Å². The summed E-state index contributed by atoms with van der Waals surface area (Å²) in [5.41, 5.74) is 6.70. The average molecular weight is 275 g/mol. The Bertz CT molecular complexity index is 636. The van der Waals surface area contributed by atoms with Gasteiger partial charge in [0, 0.05) is 5.56 Å². The third-order valence-electron chi connectivity index (χ3n) is 3.17. The number of halogens is 2. The summed E-state index contributed by atoms with van der Waals surface area (Å²) in [4.78, 5) is 12.2.